The molecule has 222 valence electrons. The smallest absolute Gasteiger partial charge is 0.369 e. The number of hydrogen-bond acceptors (Lipinski definition) is 6. The molecular formula is C31H27F5N6O. The maximum atomic E-state index is 13.5. The van der Waals surface area contributed by atoms with Gasteiger partial charge in [-0.05, 0) is 53.8 Å². The molecule has 1 amide bonds. The Morgan fingerprint density at radius 3 is 2.37 bits per heavy atom. The zero-order valence-corrected chi connectivity index (χ0v) is 22.8. The SMILES string of the molecule is NCCNC1=NCc2ncc(-c3ccc(CCc4ncc(C(F)(F)F)cc4C(=O)NCc4ccc(F)c(F)c4)cc3)cc21. The summed E-state index contributed by atoms with van der Waals surface area (Å²) in [6, 6.07) is 13.5. The fourth-order valence-corrected chi connectivity index (χ4v) is 4.66. The minimum atomic E-state index is -4.70. The standard InChI is InChI=1S/C31H27F5N6O/c32-25-7-3-19(11-26(25)33)14-42-30(43)24-13-22(31(34,35)36)16-40-27(24)8-4-18-1-5-20(6-2-18)21-12-23-28(39-15-21)17-41-29(23)38-10-9-37/h1-3,5-7,11-13,15-16H,4,8-10,14,17,37H2,(H,38,41)(H,42,43). The van der Waals surface area contributed by atoms with Gasteiger partial charge in [-0.15, -0.1) is 0 Å². The molecule has 1 aliphatic rings. The van der Waals surface area contributed by atoms with Crippen LogP contribution in [0.1, 0.15) is 44.0 Å². The number of nitrogens with one attached hydrogen (secondary N) is 2. The van der Waals surface area contributed by atoms with Gasteiger partial charge in [0, 0.05) is 43.2 Å². The number of halogens is 5. The van der Waals surface area contributed by atoms with Gasteiger partial charge in [0.2, 0.25) is 0 Å². The van der Waals surface area contributed by atoms with Crippen molar-refractivity contribution in [3.05, 3.63) is 118 Å². The van der Waals surface area contributed by atoms with Gasteiger partial charge in [0.25, 0.3) is 5.91 Å². The number of aromatic nitrogens is 2. The van der Waals surface area contributed by atoms with Crippen LogP contribution in [0.25, 0.3) is 11.1 Å². The van der Waals surface area contributed by atoms with E-state index in [0.717, 1.165) is 52.0 Å². The van der Waals surface area contributed by atoms with Gasteiger partial charge in [-0.2, -0.15) is 13.2 Å². The first-order valence-corrected chi connectivity index (χ1v) is 13.5. The number of hydrogen-bond donors (Lipinski definition) is 3. The van der Waals surface area contributed by atoms with Gasteiger partial charge in [-0.25, -0.2) is 8.78 Å². The van der Waals surface area contributed by atoms with E-state index in [9.17, 15) is 26.7 Å². The van der Waals surface area contributed by atoms with E-state index in [-0.39, 0.29) is 29.8 Å². The lowest BCUT2D eigenvalue weighted by atomic mass is 9.99. The lowest BCUT2D eigenvalue weighted by Crippen LogP contribution is -2.29. The molecule has 43 heavy (non-hydrogen) atoms. The van der Waals surface area contributed by atoms with E-state index >= 15 is 0 Å². The highest BCUT2D eigenvalue weighted by Crippen LogP contribution is 2.30. The van der Waals surface area contributed by atoms with Gasteiger partial charge in [0.1, 0.15) is 5.84 Å². The van der Waals surface area contributed by atoms with E-state index in [1.165, 1.54) is 6.07 Å². The largest absolute Gasteiger partial charge is 0.417 e. The first kappa shape index (κ1) is 29.8. The molecule has 0 saturated carbocycles. The number of carbonyl (C=O) groups is 1. The number of benzene rings is 2. The Bertz CT molecular complexity index is 1670. The molecule has 0 aliphatic carbocycles. The third-order valence-electron chi connectivity index (χ3n) is 6.97. The van der Waals surface area contributed by atoms with E-state index in [2.05, 4.69) is 25.6 Å². The normalized spacial score (nSPS) is 12.6. The number of carbonyl (C=O) groups excluding carboxylic acids is 1. The van der Waals surface area contributed by atoms with Crippen LogP contribution >= 0.6 is 0 Å². The summed E-state index contributed by atoms with van der Waals surface area (Å²) in [6.45, 7) is 1.38. The molecule has 0 unspecified atom stereocenters. The van der Waals surface area contributed by atoms with Gasteiger partial charge in [0.15, 0.2) is 11.6 Å². The van der Waals surface area contributed by atoms with Crippen molar-refractivity contribution < 1.29 is 26.7 Å². The Balaban J connectivity index is 1.29. The molecule has 4 aromatic rings. The summed E-state index contributed by atoms with van der Waals surface area (Å²) in [6.07, 6.45) is -1.61. The molecule has 0 spiro atoms. The summed E-state index contributed by atoms with van der Waals surface area (Å²) < 4.78 is 67.0. The molecule has 12 heteroatoms. The minimum absolute atomic E-state index is 0.180. The van der Waals surface area contributed by atoms with E-state index in [1.54, 1.807) is 6.20 Å². The summed E-state index contributed by atoms with van der Waals surface area (Å²) >= 11 is 0. The molecule has 2 aromatic carbocycles. The van der Waals surface area contributed by atoms with Crippen molar-refractivity contribution >= 4 is 11.7 Å². The van der Waals surface area contributed by atoms with Crippen LogP contribution < -0.4 is 16.4 Å². The Morgan fingerprint density at radius 1 is 0.884 bits per heavy atom. The van der Waals surface area contributed by atoms with Crippen molar-refractivity contribution in [2.45, 2.75) is 32.1 Å². The van der Waals surface area contributed by atoms with Crippen LogP contribution in [0, 0.1) is 11.6 Å². The number of amidine groups is 1. The van der Waals surface area contributed by atoms with Crippen molar-refractivity contribution in [2.24, 2.45) is 10.7 Å². The molecule has 2 aromatic heterocycles. The number of rotatable bonds is 9. The quantitative estimate of drug-likeness (QED) is 0.238. The molecule has 7 nitrogen and oxygen atoms in total. The van der Waals surface area contributed by atoms with Gasteiger partial charge < -0.3 is 16.4 Å². The minimum Gasteiger partial charge on any atom is -0.369 e. The second-order valence-corrected chi connectivity index (χ2v) is 9.94. The van der Waals surface area contributed by atoms with Gasteiger partial charge in [0.05, 0.1) is 29.1 Å². The van der Waals surface area contributed by atoms with Crippen molar-refractivity contribution in [3.8, 4) is 11.1 Å². The number of aliphatic imine (C=N–C) groups is 1. The summed E-state index contributed by atoms with van der Waals surface area (Å²) in [4.78, 5) is 25.9. The molecule has 5 rings (SSSR count). The molecule has 0 fully saturated rings. The van der Waals surface area contributed by atoms with Gasteiger partial charge >= 0.3 is 6.18 Å². The highest BCUT2D eigenvalue weighted by Gasteiger charge is 2.32. The first-order chi connectivity index (χ1) is 20.6. The highest BCUT2D eigenvalue weighted by molar-refractivity contribution is 6.02. The highest BCUT2D eigenvalue weighted by atomic mass is 19.4. The summed E-state index contributed by atoms with van der Waals surface area (Å²) in [5.74, 6) is -2.18. The number of aryl methyl sites for hydroxylation is 2. The maximum absolute atomic E-state index is 13.5. The predicted molar refractivity (Wildman–Crippen MR) is 151 cm³/mol. The second-order valence-electron chi connectivity index (χ2n) is 9.94. The zero-order valence-electron chi connectivity index (χ0n) is 22.8. The van der Waals surface area contributed by atoms with Gasteiger partial charge in [-0.1, -0.05) is 30.3 Å². The Kier molecular flexibility index (Phi) is 8.76. The second kappa shape index (κ2) is 12.7. The van der Waals surface area contributed by atoms with Crippen molar-refractivity contribution in [3.63, 3.8) is 0 Å². The van der Waals surface area contributed by atoms with Crippen LogP contribution in [0.2, 0.25) is 0 Å². The Morgan fingerprint density at radius 2 is 1.65 bits per heavy atom. The third-order valence-corrected chi connectivity index (χ3v) is 6.97. The topological polar surface area (TPSA) is 105 Å². The molecule has 4 N–H and O–H groups in total. The Hall–Kier alpha value is -4.71. The number of pyridine rings is 2. The molecule has 1 aliphatic heterocycles. The summed E-state index contributed by atoms with van der Waals surface area (Å²) in [5, 5.41) is 5.69. The average molecular weight is 595 g/mol. The number of amides is 1. The van der Waals surface area contributed by atoms with Crippen molar-refractivity contribution in [2.75, 3.05) is 13.1 Å². The molecule has 0 atom stereocenters. The fourth-order valence-electron chi connectivity index (χ4n) is 4.66. The third kappa shape index (κ3) is 7.03. The van der Waals surface area contributed by atoms with Crippen LogP contribution in [0.5, 0.6) is 0 Å². The van der Waals surface area contributed by atoms with E-state index in [1.807, 2.05) is 30.3 Å². The lowest BCUT2D eigenvalue weighted by molar-refractivity contribution is -0.137. The first-order valence-electron chi connectivity index (χ1n) is 13.5. The average Bonchev–Trinajstić information content (AvgIpc) is 3.41. The van der Waals surface area contributed by atoms with Crippen LogP contribution in [0.3, 0.4) is 0 Å². The van der Waals surface area contributed by atoms with Crippen LogP contribution in [-0.4, -0.2) is 34.8 Å². The van der Waals surface area contributed by atoms with E-state index < -0.39 is 29.3 Å². The molecule has 0 saturated heterocycles. The monoisotopic (exact) mass is 594 g/mol. The van der Waals surface area contributed by atoms with E-state index in [0.29, 0.717) is 32.3 Å². The van der Waals surface area contributed by atoms with E-state index in [4.69, 9.17) is 5.73 Å². The zero-order chi connectivity index (χ0) is 30.6. The molecular weight excluding hydrogens is 567 g/mol. The summed E-state index contributed by atoms with van der Waals surface area (Å²) in [7, 11) is 0. The summed E-state index contributed by atoms with van der Waals surface area (Å²) in [5.41, 5.74) is 9.25. The van der Waals surface area contributed by atoms with Crippen molar-refractivity contribution in [1.29, 1.82) is 0 Å². The molecule has 0 bridgehead atoms. The van der Waals surface area contributed by atoms with Crippen LogP contribution in [0.15, 0.2) is 72.0 Å². The lowest BCUT2D eigenvalue weighted by Gasteiger charge is -2.13. The maximum Gasteiger partial charge on any atom is 0.417 e. The van der Waals surface area contributed by atoms with Gasteiger partial charge in [-0.3, -0.25) is 19.8 Å². The molecule has 0 radical (unpaired) electrons. The fraction of sp³-hybridized carbons (Fsp3) is 0.226. The number of fused-ring (bicyclic) bond motifs is 1. The molecule has 3 heterocycles. The Labute approximate surface area is 244 Å². The van der Waals surface area contributed by atoms with Crippen LogP contribution in [0.4, 0.5) is 22.0 Å². The number of nitrogens with zero attached hydrogens (tertiary/aromatic N) is 3. The number of nitrogens with two attached hydrogens (primary N) is 1. The van der Waals surface area contributed by atoms with Crippen LogP contribution in [-0.2, 0) is 32.1 Å². The van der Waals surface area contributed by atoms with Crippen molar-refractivity contribution in [1.82, 2.24) is 20.6 Å². The number of alkyl halides is 3. The predicted octanol–water partition coefficient (Wildman–Crippen LogP) is 4.96.